The van der Waals surface area contributed by atoms with E-state index in [1.165, 1.54) is 19.2 Å². The lowest BCUT2D eigenvalue weighted by Gasteiger charge is -2.08. The Hall–Kier alpha value is -2.10. The van der Waals surface area contributed by atoms with E-state index < -0.39 is 0 Å². The molecule has 0 aliphatic heterocycles. The van der Waals surface area contributed by atoms with E-state index in [-0.39, 0.29) is 12.4 Å². The van der Waals surface area contributed by atoms with Crippen molar-refractivity contribution < 1.29 is 13.9 Å². The minimum atomic E-state index is -0.340. The molecule has 0 bridgehead atoms. The number of rotatable bonds is 5. The lowest BCUT2D eigenvalue weighted by Crippen LogP contribution is -1.99. The summed E-state index contributed by atoms with van der Waals surface area (Å²) in [5.41, 5.74) is 1.86. The highest BCUT2D eigenvalue weighted by Gasteiger charge is 2.03. The third kappa shape index (κ3) is 3.68. The summed E-state index contributed by atoms with van der Waals surface area (Å²) in [6.07, 6.45) is 2.63. The van der Waals surface area contributed by atoms with Gasteiger partial charge in [0, 0.05) is 18.3 Å². The van der Waals surface area contributed by atoms with Gasteiger partial charge in [-0.25, -0.2) is 9.37 Å². The van der Waals surface area contributed by atoms with Crippen LogP contribution in [0.1, 0.15) is 18.1 Å². The molecule has 0 radical (unpaired) electrons. The van der Waals surface area contributed by atoms with Crippen molar-refractivity contribution in [2.75, 3.05) is 7.11 Å². The molecule has 0 saturated heterocycles. The Kier molecular flexibility index (Phi) is 4.34. The van der Waals surface area contributed by atoms with E-state index in [0.717, 1.165) is 12.0 Å². The highest BCUT2D eigenvalue weighted by molar-refractivity contribution is 5.29. The minimum absolute atomic E-state index is 0.258. The predicted molar refractivity (Wildman–Crippen MR) is 70.9 cm³/mol. The zero-order chi connectivity index (χ0) is 13.7. The van der Waals surface area contributed by atoms with E-state index >= 15 is 0 Å². The van der Waals surface area contributed by atoms with Gasteiger partial charge in [-0.05, 0) is 35.7 Å². The summed E-state index contributed by atoms with van der Waals surface area (Å²) in [7, 11) is 1.51. The summed E-state index contributed by atoms with van der Waals surface area (Å²) in [6.45, 7) is 2.32. The summed E-state index contributed by atoms with van der Waals surface area (Å²) in [5, 5.41) is 0. The van der Waals surface area contributed by atoms with Crippen LogP contribution in [0.3, 0.4) is 0 Å². The maximum Gasteiger partial charge on any atom is 0.213 e. The molecule has 0 spiro atoms. The fourth-order valence-electron chi connectivity index (χ4n) is 1.73. The van der Waals surface area contributed by atoms with Crippen LogP contribution < -0.4 is 9.47 Å². The Bertz CT molecular complexity index is 558. The maximum atomic E-state index is 13.3. The number of pyridine rings is 1. The second-order valence-electron chi connectivity index (χ2n) is 4.14. The Morgan fingerprint density at radius 2 is 2.00 bits per heavy atom. The van der Waals surface area contributed by atoms with Gasteiger partial charge in [-0.2, -0.15) is 0 Å². The zero-order valence-electron chi connectivity index (χ0n) is 11.0. The van der Waals surface area contributed by atoms with Crippen molar-refractivity contribution >= 4 is 0 Å². The van der Waals surface area contributed by atoms with Crippen LogP contribution in [0.15, 0.2) is 36.5 Å². The van der Waals surface area contributed by atoms with E-state index in [2.05, 4.69) is 11.9 Å². The fraction of sp³-hybridized carbons (Fsp3) is 0.267. The van der Waals surface area contributed by atoms with Gasteiger partial charge in [-0.15, -0.1) is 0 Å². The van der Waals surface area contributed by atoms with Gasteiger partial charge in [-0.1, -0.05) is 6.92 Å². The van der Waals surface area contributed by atoms with Gasteiger partial charge in [0.1, 0.15) is 18.2 Å². The molecule has 19 heavy (non-hydrogen) atoms. The Labute approximate surface area is 112 Å². The van der Waals surface area contributed by atoms with Gasteiger partial charge in [0.05, 0.1) is 7.11 Å². The van der Waals surface area contributed by atoms with E-state index in [0.29, 0.717) is 17.2 Å². The number of hydrogen-bond donors (Lipinski definition) is 0. The third-order valence-electron chi connectivity index (χ3n) is 2.76. The first-order chi connectivity index (χ1) is 9.21. The quantitative estimate of drug-likeness (QED) is 0.827. The lowest BCUT2D eigenvalue weighted by atomic mass is 10.2. The van der Waals surface area contributed by atoms with Crippen molar-refractivity contribution in [3.63, 3.8) is 0 Å². The van der Waals surface area contributed by atoms with E-state index in [1.54, 1.807) is 12.3 Å². The molecule has 0 unspecified atom stereocenters. The van der Waals surface area contributed by atoms with Crippen LogP contribution in [0.25, 0.3) is 0 Å². The molecule has 2 rings (SSSR count). The number of ether oxygens (including phenoxy) is 2. The number of benzene rings is 1. The molecule has 0 saturated carbocycles. The molecule has 0 fully saturated rings. The summed E-state index contributed by atoms with van der Waals surface area (Å²) >= 11 is 0. The second kappa shape index (κ2) is 6.18. The van der Waals surface area contributed by atoms with Gasteiger partial charge in [0.25, 0.3) is 0 Å². The summed E-state index contributed by atoms with van der Waals surface area (Å²) in [5.74, 6) is 0.685. The topological polar surface area (TPSA) is 31.4 Å². The number of aromatic nitrogens is 1. The molecule has 0 aliphatic carbocycles. The summed E-state index contributed by atoms with van der Waals surface area (Å²) in [6, 6.07) is 8.33. The molecule has 1 heterocycles. The van der Waals surface area contributed by atoms with E-state index in [9.17, 15) is 4.39 Å². The standard InChI is InChI=1S/C15H16FNO2/c1-3-11-4-5-17-15(8-11)19-10-12-6-13(16)9-14(7-12)18-2/h4-9H,3,10H2,1-2H3. The third-order valence-corrected chi connectivity index (χ3v) is 2.76. The molecule has 1 aromatic carbocycles. The van der Waals surface area contributed by atoms with Crippen molar-refractivity contribution in [1.82, 2.24) is 4.98 Å². The number of nitrogens with zero attached hydrogens (tertiary/aromatic N) is 1. The highest BCUT2D eigenvalue weighted by Crippen LogP contribution is 2.18. The minimum Gasteiger partial charge on any atom is -0.497 e. The largest absolute Gasteiger partial charge is 0.497 e. The van der Waals surface area contributed by atoms with Gasteiger partial charge in [0.2, 0.25) is 5.88 Å². The number of methoxy groups -OCH3 is 1. The Morgan fingerprint density at radius 1 is 1.16 bits per heavy atom. The zero-order valence-corrected chi connectivity index (χ0v) is 11.0. The Morgan fingerprint density at radius 3 is 2.74 bits per heavy atom. The van der Waals surface area contributed by atoms with Crippen molar-refractivity contribution in [3.05, 3.63) is 53.5 Å². The molecule has 0 amide bonds. The molecule has 100 valence electrons. The molecule has 1 aromatic heterocycles. The highest BCUT2D eigenvalue weighted by atomic mass is 19.1. The first-order valence-corrected chi connectivity index (χ1v) is 6.12. The molecule has 2 aromatic rings. The first-order valence-electron chi connectivity index (χ1n) is 6.12. The van der Waals surface area contributed by atoms with Crippen LogP contribution in [-0.4, -0.2) is 12.1 Å². The van der Waals surface area contributed by atoms with Crippen molar-refractivity contribution in [2.45, 2.75) is 20.0 Å². The van der Waals surface area contributed by atoms with Gasteiger partial charge < -0.3 is 9.47 Å². The first kappa shape index (κ1) is 13.3. The smallest absolute Gasteiger partial charge is 0.213 e. The number of aryl methyl sites for hydroxylation is 1. The van der Waals surface area contributed by atoms with Crippen LogP contribution in [0, 0.1) is 5.82 Å². The summed E-state index contributed by atoms with van der Waals surface area (Å²) < 4.78 is 23.9. The molecule has 0 N–H and O–H groups in total. The van der Waals surface area contributed by atoms with Crippen molar-refractivity contribution in [3.8, 4) is 11.6 Å². The monoisotopic (exact) mass is 261 g/mol. The van der Waals surface area contributed by atoms with Crippen LogP contribution >= 0.6 is 0 Å². The van der Waals surface area contributed by atoms with E-state index in [4.69, 9.17) is 9.47 Å². The molecular weight excluding hydrogens is 245 g/mol. The lowest BCUT2D eigenvalue weighted by molar-refractivity contribution is 0.292. The fourth-order valence-corrected chi connectivity index (χ4v) is 1.73. The normalized spacial score (nSPS) is 10.3. The second-order valence-corrected chi connectivity index (χ2v) is 4.14. The van der Waals surface area contributed by atoms with Crippen molar-refractivity contribution in [1.29, 1.82) is 0 Å². The number of hydrogen-bond acceptors (Lipinski definition) is 3. The van der Waals surface area contributed by atoms with Crippen LogP contribution in [0.5, 0.6) is 11.6 Å². The van der Waals surface area contributed by atoms with Gasteiger partial charge in [-0.3, -0.25) is 0 Å². The van der Waals surface area contributed by atoms with Crippen LogP contribution in [0.2, 0.25) is 0 Å². The molecule has 4 heteroatoms. The molecule has 0 aliphatic rings. The van der Waals surface area contributed by atoms with Crippen LogP contribution in [-0.2, 0) is 13.0 Å². The average Bonchev–Trinajstić information content (AvgIpc) is 2.44. The molecular formula is C15H16FNO2. The molecule has 0 atom stereocenters. The number of halogens is 1. The predicted octanol–water partition coefficient (Wildman–Crippen LogP) is 3.37. The van der Waals surface area contributed by atoms with Crippen molar-refractivity contribution in [2.24, 2.45) is 0 Å². The Balaban J connectivity index is 2.07. The molecule has 3 nitrogen and oxygen atoms in total. The SMILES string of the molecule is CCc1ccnc(OCc2cc(F)cc(OC)c2)c1. The van der Waals surface area contributed by atoms with Gasteiger partial charge >= 0.3 is 0 Å². The van der Waals surface area contributed by atoms with Crippen LogP contribution in [0.4, 0.5) is 4.39 Å². The van der Waals surface area contributed by atoms with E-state index in [1.807, 2.05) is 12.1 Å². The summed E-state index contributed by atoms with van der Waals surface area (Å²) in [4.78, 5) is 4.12. The maximum absolute atomic E-state index is 13.3. The van der Waals surface area contributed by atoms with Gasteiger partial charge in [0.15, 0.2) is 0 Å². The average molecular weight is 261 g/mol.